The van der Waals surface area contributed by atoms with Crippen LogP contribution in [0.15, 0.2) is 30.3 Å². The number of amides is 1. The van der Waals surface area contributed by atoms with Crippen molar-refractivity contribution >= 4 is 29.2 Å². The summed E-state index contributed by atoms with van der Waals surface area (Å²) in [5.41, 5.74) is 3.78. The normalized spacial score (nSPS) is 15.1. The zero-order valence-corrected chi connectivity index (χ0v) is 15.1. The minimum absolute atomic E-state index is 0.214. The molecule has 0 spiro atoms. The van der Waals surface area contributed by atoms with Crippen LogP contribution >= 0.6 is 11.6 Å². The van der Waals surface area contributed by atoms with Gasteiger partial charge in [0, 0.05) is 12.1 Å². The summed E-state index contributed by atoms with van der Waals surface area (Å²) >= 11 is 6.06. The molecule has 1 aliphatic heterocycles. The van der Waals surface area contributed by atoms with Gasteiger partial charge < -0.3 is 19.9 Å². The Morgan fingerprint density at radius 3 is 2.69 bits per heavy atom. The minimum atomic E-state index is -1.10. The number of fused-ring (bicyclic) bond motifs is 1. The van der Waals surface area contributed by atoms with E-state index in [0.29, 0.717) is 12.1 Å². The minimum Gasteiger partial charge on any atom is -0.480 e. The van der Waals surface area contributed by atoms with E-state index in [-0.39, 0.29) is 16.7 Å². The predicted octanol–water partition coefficient (Wildman–Crippen LogP) is 3.36. The summed E-state index contributed by atoms with van der Waals surface area (Å²) in [5, 5.41) is 11.6. The molecule has 3 rings (SSSR count). The molecule has 26 heavy (non-hydrogen) atoms. The molecule has 0 aliphatic carbocycles. The molecule has 2 aromatic rings. The van der Waals surface area contributed by atoms with Crippen molar-refractivity contribution in [1.82, 2.24) is 0 Å². The van der Waals surface area contributed by atoms with Gasteiger partial charge in [0.1, 0.15) is 11.5 Å². The van der Waals surface area contributed by atoms with Gasteiger partial charge in [-0.1, -0.05) is 17.7 Å². The van der Waals surface area contributed by atoms with E-state index in [9.17, 15) is 9.59 Å². The summed E-state index contributed by atoms with van der Waals surface area (Å²) in [4.78, 5) is 23.0. The fourth-order valence-corrected chi connectivity index (χ4v) is 2.95. The Labute approximate surface area is 155 Å². The van der Waals surface area contributed by atoms with Crippen LogP contribution in [0.4, 0.5) is 5.69 Å². The van der Waals surface area contributed by atoms with Gasteiger partial charge >= 0.3 is 5.97 Å². The molecule has 0 aromatic heterocycles. The lowest BCUT2D eigenvalue weighted by atomic mass is 10.0. The fourth-order valence-electron chi connectivity index (χ4n) is 2.72. The molecule has 0 radical (unpaired) electrons. The fraction of sp³-hybridized carbons (Fsp3) is 0.263. The molecule has 1 aliphatic rings. The molecule has 0 fully saturated rings. The van der Waals surface area contributed by atoms with Crippen LogP contribution in [0.2, 0.25) is 5.02 Å². The van der Waals surface area contributed by atoms with Gasteiger partial charge in [-0.3, -0.25) is 4.79 Å². The molecular formula is C19H18ClNO5. The van der Waals surface area contributed by atoms with Crippen LogP contribution in [0.25, 0.3) is 0 Å². The predicted molar refractivity (Wildman–Crippen MR) is 97.2 cm³/mol. The van der Waals surface area contributed by atoms with Crippen molar-refractivity contribution in [2.45, 2.75) is 26.4 Å². The maximum atomic E-state index is 12.5. The van der Waals surface area contributed by atoms with E-state index in [1.165, 1.54) is 12.1 Å². The summed E-state index contributed by atoms with van der Waals surface area (Å²) < 4.78 is 10.8. The molecular weight excluding hydrogens is 358 g/mol. The Morgan fingerprint density at radius 1 is 1.27 bits per heavy atom. The highest BCUT2D eigenvalue weighted by molar-refractivity contribution is 6.32. The monoisotopic (exact) mass is 375 g/mol. The first-order valence-electron chi connectivity index (χ1n) is 8.05. The number of ether oxygens (including phenoxy) is 2. The van der Waals surface area contributed by atoms with E-state index >= 15 is 0 Å². The van der Waals surface area contributed by atoms with Crippen LogP contribution < -0.4 is 14.8 Å². The standard InChI is InChI=1S/C19H18ClNO5/c1-10-5-12-7-17(26-16(12)6-11(10)2)19(24)21-13-3-4-15(14(20)8-13)25-9-18(22)23/h3-6,8,17H,7,9H2,1-2H3,(H,21,24)(H,22,23). The number of nitrogens with one attached hydrogen (secondary N) is 1. The van der Waals surface area contributed by atoms with Gasteiger partial charge in [-0.2, -0.15) is 0 Å². The van der Waals surface area contributed by atoms with E-state index in [1.54, 1.807) is 6.07 Å². The van der Waals surface area contributed by atoms with Gasteiger partial charge in [0.2, 0.25) is 0 Å². The Bertz CT molecular complexity index is 849. The number of carboxylic acid groups (broad SMARTS) is 1. The number of aryl methyl sites for hydroxylation is 2. The highest BCUT2D eigenvalue weighted by atomic mass is 35.5. The second kappa shape index (κ2) is 7.25. The molecule has 1 unspecified atom stereocenters. The second-order valence-electron chi connectivity index (χ2n) is 6.17. The molecule has 0 saturated carbocycles. The van der Waals surface area contributed by atoms with E-state index < -0.39 is 18.7 Å². The molecule has 0 saturated heterocycles. The van der Waals surface area contributed by atoms with E-state index in [1.807, 2.05) is 26.0 Å². The maximum Gasteiger partial charge on any atom is 0.341 e. The molecule has 136 valence electrons. The molecule has 2 N–H and O–H groups in total. The topological polar surface area (TPSA) is 84.9 Å². The summed E-state index contributed by atoms with van der Waals surface area (Å²) in [5.74, 6) is -0.389. The van der Waals surface area contributed by atoms with Crippen molar-refractivity contribution < 1.29 is 24.2 Å². The molecule has 6 nitrogen and oxygen atoms in total. The number of anilines is 1. The van der Waals surface area contributed by atoms with E-state index in [0.717, 1.165) is 22.4 Å². The third-order valence-electron chi connectivity index (χ3n) is 4.19. The van der Waals surface area contributed by atoms with Crippen molar-refractivity contribution in [2.24, 2.45) is 0 Å². The number of benzene rings is 2. The summed E-state index contributed by atoms with van der Waals surface area (Å²) in [6, 6.07) is 8.61. The van der Waals surface area contributed by atoms with Gasteiger partial charge in [0.15, 0.2) is 12.7 Å². The van der Waals surface area contributed by atoms with Crippen molar-refractivity contribution in [1.29, 1.82) is 0 Å². The Balaban J connectivity index is 1.65. The largest absolute Gasteiger partial charge is 0.480 e. The van der Waals surface area contributed by atoms with Gasteiger partial charge in [0.05, 0.1) is 5.02 Å². The van der Waals surface area contributed by atoms with Crippen LogP contribution in [-0.2, 0) is 16.0 Å². The third kappa shape index (κ3) is 3.91. The Hall–Kier alpha value is -2.73. The first kappa shape index (κ1) is 18.1. The molecule has 7 heteroatoms. The van der Waals surface area contributed by atoms with Crippen LogP contribution in [0.1, 0.15) is 16.7 Å². The van der Waals surface area contributed by atoms with Gasteiger partial charge in [0.25, 0.3) is 5.91 Å². The highest BCUT2D eigenvalue weighted by Crippen LogP contribution is 2.32. The third-order valence-corrected chi connectivity index (χ3v) is 4.49. The van der Waals surface area contributed by atoms with Crippen LogP contribution in [-0.4, -0.2) is 29.7 Å². The van der Waals surface area contributed by atoms with Gasteiger partial charge in [-0.15, -0.1) is 0 Å². The average molecular weight is 376 g/mol. The van der Waals surface area contributed by atoms with Crippen LogP contribution in [0.3, 0.4) is 0 Å². The first-order chi connectivity index (χ1) is 12.3. The number of rotatable bonds is 5. The first-order valence-corrected chi connectivity index (χ1v) is 8.43. The lowest BCUT2D eigenvalue weighted by Gasteiger charge is -2.13. The van der Waals surface area contributed by atoms with Gasteiger partial charge in [-0.25, -0.2) is 4.79 Å². The number of hydrogen-bond donors (Lipinski definition) is 2. The Kier molecular flexibility index (Phi) is 5.04. The number of aliphatic carboxylic acids is 1. The number of carbonyl (C=O) groups excluding carboxylic acids is 1. The van der Waals surface area contributed by atoms with Gasteiger partial charge in [-0.05, 0) is 54.8 Å². The number of carbonyl (C=O) groups is 2. The number of halogens is 1. The SMILES string of the molecule is Cc1cc2c(cc1C)OC(C(=O)Nc1ccc(OCC(=O)O)c(Cl)c1)C2. The Morgan fingerprint density at radius 2 is 2.00 bits per heavy atom. The molecule has 1 amide bonds. The lowest BCUT2D eigenvalue weighted by Crippen LogP contribution is -2.31. The van der Waals surface area contributed by atoms with Crippen molar-refractivity contribution in [2.75, 3.05) is 11.9 Å². The van der Waals surface area contributed by atoms with Crippen LogP contribution in [0.5, 0.6) is 11.5 Å². The molecule has 1 atom stereocenters. The zero-order valence-electron chi connectivity index (χ0n) is 14.3. The van der Waals surface area contributed by atoms with E-state index in [2.05, 4.69) is 5.32 Å². The molecule has 1 heterocycles. The zero-order chi connectivity index (χ0) is 18.8. The molecule has 2 aromatic carbocycles. The van der Waals surface area contributed by atoms with Crippen molar-refractivity contribution in [3.05, 3.63) is 52.0 Å². The summed E-state index contributed by atoms with van der Waals surface area (Å²) in [7, 11) is 0. The van der Waals surface area contributed by atoms with E-state index in [4.69, 9.17) is 26.2 Å². The number of hydrogen-bond acceptors (Lipinski definition) is 4. The summed E-state index contributed by atoms with van der Waals surface area (Å²) in [6.07, 6.45) is -0.0940. The quantitative estimate of drug-likeness (QED) is 0.837. The second-order valence-corrected chi connectivity index (χ2v) is 6.58. The van der Waals surface area contributed by atoms with Crippen molar-refractivity contribution in [3.63, 3.8) is 0 Å². The van der Waals surface area contributed by atoms with Crippen LogP contribution in [0, 0.1) is 13.8 Å². The average Bonchev–Trinajstić information content (AvgIpc) is 2.97. The lowest BCUT2D eigenvalue weighted by molar-refractivity contribution is -0.139. The summed E-state index contributed by atoms with van der Waals surface area (Å²) in [6.45, 7) is 3.54. The molecule has 0 bridgehead atoms. The highest BCUT2D eigenvalue weighted by Gasteiger charge is 2.29. The smallest absolute Gasteiger partial charge is 0.341 e. The van der Waals surface area contributed by atoms with Crippen molar-refractivity contribution in [3.8, 4) is 11.5 Å². The number of carboxylic acids is 1. The maximum absolute atomic E-state index is 12.5.